The lowest BCUT2D eigenvalue weighted by Gasteiger charge is -2.11. The third-order valence-electron chi connectivity index (χ3n) is 4.96. The van der Waals surface area contributed by atoms with Crippen LogP contribution in [0.5, 0.6) is 11.6 Å². The molecule has 0 saturated heterocycles. The first-order valence-corrected chi connectivity index (χ1v) is 11.4. The zero-order valence-corrected chi connectivity index (χ0v) is 19.0. The van der Waals surface area contributed by atoms with Crippen molar-refractivity contribution in [3.63, 3.8) is 0 Å². The molecule has 0 bridgehead atoms. The third-order valence-corrected chi connectivity index (χ3v) is 6.36. The molecule has 0 spiro atoms. The smallest absolute Gasteiger partial charge is 0.261 e. The lowest BCUT2D eigenvalue weighted by atomic mass is 10.2. The minimum atomic E-state index is -3.67. The second-order valence-electron chi connectivity index (χ2n) is 7.44. The molecule has 0 amide bonds. The summed E-state index contributed by atoms with van der Waals surface area (Å²) in [5, 5.41) is 0. The Morgan fingerprint density at radius 1 is 0.906 bits per heavy atom. The molecular formula is C23H23N5O3S. The molecule has 32 heavy (non-hydrogen) atoms. The van der Waals surface area contributed by atoms with Crippen molar-refractivity contribution in [1.82, 2.24) is 19.5 Å². The predicted octanol–water partition coefficient (Wildman–Crippen LogP) is 4.49. The van der Waals surface area contributed by atoms with Gasteiger partial charge in [-0.1, -0.05) is 17.7 Å². The summed E-state index contributed by atoms with van der Waals surface area (Å²) in [4.78, 5) is 13.3. The molecule has 0 saturated carbocycles. The van der Waals surface area contributed by atoms with E-state index < -0.39 is 10.0 Å². The van der Waals surface area contributed by atoms with Gasteiger partial charge in [-0.25, -0.2) is 18.4 Å². The largest absolute Gasteiger partial charge is 0.439 e. The Kier molecular flexibility index (Phi) is 5.67. The average Bonchev–Trinajstić information content (AvgIpc) is 3.08. The summed E-state index contributed by atoms with van der Waals surface area (Å²) in [7, 11) is -3.67. The molecule has 0 aliphatic carbocycles. The number of rotatable bonds is 6. The molecule has 0 atom stereocenters. The van der Waals surface area contributed by atoms with E-state index in [2.05, 4.69) is 19.7 Å². The molecule has 0 unspecified atom stereocenters. The highest BCUT2D eigenvalue weighted by Crippen LogP contribution is 2.25. The lowest BCUT2D eigenvalue weighted by Crippen LogP contribution is -2.12. The van der Waals surface area contributed by atoms with Gasteiger partial charge in [0.2, 0.25) is 5.88 Å². The molecule has 2 heterocycles. The number of benzene rings is 2. The Bertz CT molecular complexity index is 1360. The summed E-state index contributed by atoms with van der Waals surface area (Å²) in [6, 6.07) is 15.0. The highest BCUT2D eigenvalue weighted by molar-refractivity contribution is 7.92. The summed E-state index contributed by atoms with van der Waals surface area (Å²) in [5.41, 5.74) is 3.33. The lowest BCUT2D eigenvalue weighted by molar-refractivity contribution is 0.459. The maximum atomic E-state index is 12.6. The van der Waals surface area contributed by atoms with Crippen molar-refractivity contribution in [2.45, 2.75) is 32.6 Å². The molecule has 4 aromatic rings. The quantitative estimate of drug-likeness (QED) is 0.466. The summed E-state index contributed by atoms with van der Waals surface area (Å²) >= 11 is 0. The Morgan fingerprint density at radius 2 is 1.59 bits per heavy atom. The SMILES string of the molecule is Cc1ccc(S(=O)(=O)Nc2ccc(Oc3cc(-n4cnc(C)c4C)nc(C)n3)cc2)cc1. The topological polar surface area (TPSA) is 99.0 Å². The maximum absolute atomic E-state index is 12.6. The van der Waals surface area contributed by atoms with Gasteiger partial charge in [0, 0.05) is 17.4 Å². The van der Waals surface area contributed by atoms with E-state index >= 15 is 0 Å². The second kappa shape index (κ2) is 8.43. The van der Waals surface area contributed by atoms with Crippen molar-refractivity contribution in [2.75, 3.05) is 4.72 Å². The number of hydrogen-bond acceptors (Lipinski definition) is 6. The van der Waals surface area contributed by atoms with Crippen LogP contribution in [-0.2, 0) is 10.0 Å². The minimum Gasteiger partial charge on any atom is -0.439 e. The summed E-state index contributed by atoms with van der Waals surface area (Å²) < 4.78 is 35.5. The van der Waals surface area contributed by atoms with E-state index in [4.69, 9.17) is 4.74 Å². The first-order chi connectivity index (χ1) is 15.2. The van der Waals surface area contributed by atoms with Gasteiger partial charge in [-0.05, 0) is 64.1 Å². The molecule has 8 nitrogen and oxygen atoms in total. The van der Waals surface area contributed by atoms with Crippen molar-refractivity contribution in [2.24, 2.45) is 0 Å². The molecule has 1 N–H and O–H groups in total. The maximum Gasteiger partial charge on any atom is 0.261 e. The van der Waals surface area contributed by atoms with Gasteiger partial charge in [0.1, 0.15) is 23.7 Å². The van der Waals surface area contributed by atoms with E-state index in [0.29, 0.717) is 29.0 Å². The predicted molar refractivity (Wildman–Crippen MR) is 122 cm³/mol. The zero-order chi connectivity index (χ0) is 22.9. The fourth-order valence-corrected chi connectivity index (χ4v) is 4.13. The first-order valence-electron chi connectivity index (χ1n) is 9.95. The third kappa shape index (κ3) is 4.62. The standard InChI is InChI=1S/C23H23N5O3S/c1-15-5-11-21(12-6-15)32(29,30)27-19-7-9-20(10-8-19)31-23-13-22(25-18(4)26-23)28-14-24-16(2)17(28)3/h5-14,27H,1-4H3. The van der Waals surface area contributed by atoms with Crippen molar-refractivity contribution in [3.8, 4) is 17.4 Å². The average molecular weight is 450 g/mol. The number of sulfonamides is 1. The van der Waals surface area contributed by atoms with Gasteiger partial charge < -0.3 is 4.74 Å². The number of aryl methyl sites for hydroxylation is 3. The van der Waals surface area contributed by atoms with Crippen LogP contribution < -0.4 is 9.46 Å². The molecule has 0 radical (unpaired) electrons. The number of ether oxygens (including phenoxy) is 1. The van der Waals surface area contributed by atoms with Crippen molar-refractivity contribution >= 4 is 15.7 Å². The molecule has 2 aromatic carbocycles. The fourth-order valence-electron chi connectivity index (χ4n) is 3.07. The van der Waals surface area contributed by atoms with Crippen LogP contribution in [0.25, 0.3) is 5.82 Å². The molecule has 9 heteroatoms. The second-order valence-corrected chi connectivity index (χ2v) is 9.12. The van der Waals surface area contributed by atoms with Crippen LogP contribution in [-0.4, -0.2) is 27.9 Å². The van der Waals surface area contributed by atoms with Gasteiger partial charge in [-0.15, -0.1) is 0 Å². The highest BCUT2D eigenvalue weighted by atomic mass is 32.2. The van der Waals surface area contributed by atoms with Gasteiger partial charge in [0.15, 0.2) is 0 Å². The molecule has 0 fully saturated rings. The van der Waals surface area contributed by atoms with Gasteiger partial charge in [-0.2, -0.15) is 4.98 Å². The van der Waals surface area contributed by atoms with E-state index in [9.17, 15) is 8.42 Å². The molecule has 2 aromatic heterocycles. The molecular weight excluding hydrogens is 426 g/mol. The van der Waals surface area contributed by atoms with Crippen LogP contribution in [0.2, 0.25) is 0 Å². The van der Waals surface area contributed by atoms with Crippen LogP contribution in [0.3, 0.4) is 0 Å². The van der Waals surface area contributed by atoms with Crippen LogP contribution >= 0.6 is 0 Å². The number of nitrogens with one attached hydrogen (secondary N) is 1. The van der Waals surface area contributed by atoms with Crippen LogP contribution in [0.1, 0.15) is 22.8 Å². The minimum absolute atomic E-state index is 0.206. The molecule has 0 aliphatic heterocycles. The first kappa shape index (κ1) is 21.5. The van der Waals surface area contributed by atoms with E-state index in [0.717, 1.165) is 17.0 Å². The number of aromatic nitrogens is 4. The van der Waals surface area contributed by atoms with Crippen LogP contribution in [0.4, 0.5) is 5.69 Å². The van der Waals surface area contributed by atoms with E-state index in [1.54, 1.807) is 67.8 Å². The van der Waals surface area contributed by atoms with Gasteiger partial charge in [0.25, 0.3) is 10.0 Å². The normalized spacial score (nSPS) is 11.4. The summed E-state index contributed by atoms with van der Waals surface area (Å²) in [6.45, 7) is 7.60. The molecule has 0 aliphatic rings. The Balaban J connectivity index is 1.52. The van der Waals surface area contributed by atoms with E-state index in [-0.39, 0.29) is 4.90 Å². The number of hydrogen-bond donors (Lipinski definition) is 1. The molecule has 164 valence electrons. The Labute approximate surface area is 187 Å². The van der Waals surface area contributed by atoms with Crippen molar-refractivity contribution in [3.05, 3.63) is 83.7 Å². The summed E-state index contributed by atoms with van der Waals surface area (Å²) in [5.74, 6) is 2.12. The Morgan fingerprint density at radius 3 is 2.22 bits per heavy atom. The zero-order valence-electron chi connectivity index (χ0n) is 18.2. The van der Waals surface area contributed by atoms with Crippen molar-refractivity contribution < 1.29 is 13.2 Å². The summed E-state index contributed by atoms with van der Waals surface area (Å²) in [6.07, 6.45) is 1.71. The van der Waals surface area contributed by atoms with Gasteiger partial charge in [0.05, 0.1) is 10.6 Å². The van der Waals surface area contributed by atoms with Crippen LogP contribution in [0.15, 0.2) is 65.8 Å². The van der Waals surface area contributed by atoms with Crippen molar-refractivity contribution in [1.29, 1.82) is 0 Å². The molecule has 4 rings (SSSR count). The highest BCUT2D eigenvalue weighted by Gasteiger charge is 2.14. The number of anilines is 1. The van der Waals surface area contributed by atoms with Gasteiger partial charge >= 0.3 is 0 Å². The Hall–Kier alpha value is -3.72. The van der Waals surface area contributed by atoms with Crippen LogP contribution in [0, 0.1) is 27.7 Å². The monoisotopic (exact) mass is 449 g/mol. The number of nitrogens with zero attached hydrogens (tertiary/aromatic N) is 4. The number of imidazole rings is 1. The van der Waals surface area contributed by atoms with E-state index in [1.165, 1.54) is 0 Å². The van der Waals surface area contributed by atoms with E-state index in [1.807, 2.05) is 25.3 Å². The fraction of sp³-hybridized carbons (Fsp3) is 0.174. The van der Waals surface area contributed by atoms with Gasteiger partial charge in [-0.3, -0.25) is 9.29 Å².